The van der Waals surface area contributed by atoms with E-state index in [0.717, 1.165) is 40.1 Å². The lowest BCUT2D eigenvalue weighted by molar-refractivity contribution is -0.146. The molecule has 1 aliphatic rings. The Kier molecular flexibility index (Phi) is 4.21. The van der Waals surface area contributed by atoms with Crippen LogP contribution in [0.3, 0.4) is 0 Å². The van der Waals surface area contributed by atoms with Gasteiger partial charge in [0, 0.05) is 18.1 Å². The van der Waals surface area contributed by atoms with Gasteiger partial charge in [-0.3, -0.25) is 0 Å². The third-order valence-electron chi connectivity index (χ3n) is 3.53. The Morgan fingerprint density at radius 1 is 1.52 bits per heavy atom. The largest absolute Gasteiger partial charge is 0.458 e. The van der Waals surface area contributed by atoms with Crippen LogP contribution in [0.5, 0.6) is 0 Å². The maximum atomic E-state index is 12.3. The lowest BCUT2D eigenvalue weighted by Crippen LogP contribution is -2.37. The Bertz CT molecular complexity index is 624. The van der Waals surface area contributed by atoms with Crippen LogP contribution in [0.25, 0.3) is 0 Å². The van der Waals surface area contributed by atoms with Crippen LogP contribution in [0.1, 0.15) is 28.4 Å². The monoisotopic (exact) mass is 323 g/mol. The van der Waals surface area contributed by atoms with Gasteiger partial charge in [-0.15, -0.1) is 22.7 Å². The molecule has 0 amide bonds. The molecule has 21 heavy (non-hydrogen) atoms. The number of aromatic nitrogens is 2. The van der Waals surface area contributed by atoms with Gasteiger partial charge in [0.2, 0.25) is 0 Å². The fraction of sp³-hybridized carbons (Fsp3) is 0.500. The molecule has 0 unspecified atom stereocenters. The summed E-state index contributed by atoms with van der Waals surface area (Å²) in [6.07, 6.45) is 3.60. The van der Waals surface area contributed by atoms with Gasteiger partial charge in [-0.05, 0) is 26.7 Å². The first kappa shape index (κ1) is 14.5. The summed E-state index contributed by atoms with van der Waals surface area (Å²) in [5, 5.41) is 3.84. The Labute approximate surface area is 131 Å². The number of hydrogen-bond donors (Lipinski definition) is 0. The molecule has 7 heteroatoms. The van der Waals surface area contributed by atoms with Crippen LogP contribution in [0, 0.1) is 13.8 Å². The van der Waals surface area contributed by atoms with Crippen molar-refractivity contribution in [1.82, 2.24) is 9.97 Å². The van der Waals surface area contributed by atoms with Crippen LogP contribution in [-0.2, 0) is 16.1 Å². The first-order chi connectivity index (χ1) is 10.1. The highest BCUT2D eigenvalue weighted by atomic mass is 32.1. The van der Waals surface area contributed by atoms with Crippen molar-refractivity contribution in [1.29, 1.82) is 0 Å². The number of hydrogen-bond acceptors (Lipinski definition) is 7. The third-order valence-corrected chi connectivity index (χ3v) is 5.39. The highest BCUT2D eigenvalue weighted by Gasteiger charge is 2.33. The van der Waals surface area contributed by atoms with Gasteiger partial charge in [-0.25, -0.2) is 14.8 Å². The van der Waals surface area contributed by atoms with Crippen LogP contribution >= 0.6 is 22.7 Å². The molecule has 112 valence electrons. The van der Waals surface area contributed by atoms with Gasteiger partial charge in [0.05, 0.1) is 15.6 Å². The molecule has 2 aromatic heterocycles. The molecule has 1 saturated heterocycles. The summed E-state index contributed by atoms with van der Waals surface area (Å²) in [7, 11) is 0. The SMILES string of the molecule is Cc1nc(C)c(COC(=O)[C@H]2CCCN2c2nccs2)s1. The second-order valence-electron chi connectivity index (χ2n) is 5.02. The molecule has 0 radical (unpaired) electrons. The van der Waals surface area contributed by atoms with Gasteiger partial charge in [-0.2, -0.15) is 0 Å². The molecule has 3 rings (SSSR count). The predicted octanol–water partition coefficient (Wildman–Crippen LogP) is 2.93. The number of carbonyl (C=O) groups is 1. The van der Waals surface area contributed by atoms with Gasteiger partial charge in [0.25, 0.3) is 0 Å². The van der Waals surface area contributed by atoms with Crippen molar-refractivity contribution >= 4 is 33.8 Å². The van der Waals surface area contributed by atoms with E-state index in [1.54, 1.807) is 28.9 Å². The van der Waals surface area contributed by atoms with Crippen molar-refractivity contribution in [3.05, 3.63) is 27.2 Å². The van der Waals surface area contributed by atoms with E-state index in [0.29, 0.717) is 6.61 Å². The minimum atomic E-state index is -0.203. The molecule has 1 fully saturated rings. The zero-order valence-corrected chi connectivity index (χ0v) is 13.7. The number of esters is 1. The fourth-order valence-corrected chi connectivity index (χ4v) is 4.11. The zero-order valence-electron chi connectivity index (χ0n) is 12.0. The summed E-state index contributed by atoms with van der Waals surface area (Å²) in [6, 6.07) is -0.203. The summed E-state index contributed by atoms with van der Waals surface area (Å²) in [6.45, 7) is 5.10. The van der Waals surface area contributed by atoms with Gasteiger partial charge in [0.1, 0.15) is 12.6 Å². The normalized spacial score (nSPS) is 18.2. The molecule has 2 aromatic rings. The Balaban J connectivity index is 1.63. The predicted molar refractivity (Wildman–Crippen MR) is 83.9 cm³/mol. The van der Waals surface area contributed by atoms with Crippen LogP contribution < -0.4 is 4.90 Å². The van der Waals surface area contributed by atoms with Crippen molar-refractivity contribution in [2.75, 3.05) is 11.4 Å². The van der Waals surface area contributed by atoms with E-state index in [9.17, 15) is 4.79 Å². The Hall–Kier alpha value is -1.47. The van der Waals surface area contributed by atoms with Crippen molar-refractivity contribution in [2.24, 2.45) is 0 Å². The molecule has 1 aliphatic heterocycles. The minimum absolute atomic E-state index is 0.159. The van der Waals surface area contributed by atoms with Gasteiger partial charge in [0.15, 0.2) is 5.13 Å². The molecule has 0 saturated carbocycles. The van der Waals surface area contributed by atoms with E-state index in [1.165, 1.54) is 0 Å². The second kappa shape index (κ2) is 6.11. The molecule has 1 atom stereocenters. The van der Waals surface area contributed by atoms with E-state index in [1.807, 2.05) is 19.2 Å². The second-order valence-corrected chi connectivity index (χ2v) is 7.18. The average molecular weight is 323 g/mol. The Morgan fingerprint density at radius 2 is 2.38 bits per heavy atom. The zero-order chi connectivity index (χ0) is 14.8. The molecular weight excluding hydrogens is 306 g/mol. The van der Waals surface area contributed by atoms with E-state index in [-0.39, 0.29) is 12.0 Å². The molecule has 0 aromatic carbocycles. The van der Waals surface area contributed by atoms with Crippen LogP contribution in [-0.4, -0.2) is 28.5 Å². The topological polar surface area (TPSA) is 55.3 Å². The number of thiazole rings is 2. The van der Waals surface area contributed by atoms with E-state index in [2.05, 4.69) is 14.9 Å². The first-order valence-electron chi connectivity index (χ1n) is 6.91. The summed E-state index contributed by atoms with van der Waals surface area (Å²) in [5.74, 6) is -0.159. The van der Waals surface area contributed by atoms with Crippen molar-refractivity contribution < 1.29 is 9.53 Å². The lowest BCUT2D eigenvalue weighted by atomic mass is 10.2. The van der Waals surface area contributed by atoms with Crippen molar-refractivity contribution in [2.45, 2.75) is 39.3 Å². The van der Waals surface area contributed by atoms with Crippen LogP contribution in [0.4, 0.5) is 5.13 Å². The molecule has 0 aliphatic carbocycles. The maximum Gasteiger partial charge on any atom is 0.329 e. The summed E-state index contributed by atoms with van der Waals surface area (Å²) in [4.78, 5) is 24.1. The number of nitrogens with zero attached hydrogens (tertiary/aromatic N) is 3. The van der Waals surface area contributed by atoms with Crippen molar-refractivity contribution in [3.63, 3.8) is 0 Å². The standard InChI is InChI=1S/C14H17N3O2S2/c1-9-12(21-10(2)16-9)8-19-13(18)11-4-3-6-17(11)14-15-5-7-20-14/h5,7,11H,3-4,6,8H2,1-2H3/t11-/m1/s1. The molecule has 0 bridgehead atoms. The van der Waals surface area contributed by atoms with Crippen LogP contribution in [0.15, 0.2) is 11.6 Å². The van der Waals surface area contributed by atoms with Gasteiger partial charge < -0.3 is 9.64 Å². The molecule has 5 nitrogen and oxygen atoms in total. The summed E-state index contributed by atoms with van der Waals surface area (Å²) in [5.41, 5.74) is 0.952. The highest BCUT2D eigenvalue weighted by Crippen LogP contribution is 2.28. The van der Waals surface area contributed by atoms with E-state index in [4.69, 9.17) is 4.74 Å². The third kappa shape index (κ3) is 3.08. The fourth-order valence-electron chi connectivity index (χ4n) is 2.54. The number of carbonyl (C=O) groups excluding carboxylic acids is 1. The number of anilines is 1. The first-order valence-corrected chi connectivity index (χ1v) is 8.60. The Morgan fingerprint density at radius 3 is 3.05 bits per heavy atom. The molecular formula is C14H17N3O2S2. The van der Waals surface area contributed by atoms with E-state index < -0.39 is 0 Å². The van der Waals surface area contributed by atoms with Gasteiger partial charge in [-0.1, -0.05) is 0 Å². The maximum absolute atomic E-state index is 12.3. The smallest absolute Gasteiger partial charge is 0.329 e. The quantitative estimate of drug-likeness (QED) is 0.810. The number of ether oxygens (including phenoxy) is 1. The summed E-state index contributed by atoms with van der Waals surface area (Å²) >= 11 is 3.15. The van der Waals surface area contributed by atoms with Crippen LogP contribution in [0.2, 0.25) is 0 Å². The highest BCUT2D eigenvalue weighted by molar-refractivity contribution is 7.13. The number of rotatable bonds is 4. The summed E-state index contributed by atoms with van der Waals surface area (Å²) < 4.78 is 5.50. The molecule has 0 spiro atoms. The molecule has 3 heterocycles. The van der Waals surface area contributed by atoms with E-state index >= 15 is 0 Å². The minimum Gasteiger partial charge on any atom is -0.458 e. The van der Waals surface area contributed by atoms with Gasteiger partial charge >= 0.3 is 5.97 Å². The molecule has 0 N–H and O–H groups in total. The number of aryl methyl sites for hydroxylation is 2. The average Bonchev–Trinajstić information content (AvgIpc) is 3.16. The van der Waals surface area contributed by atoms with Crippen molar-refractivity contribution in [3.8, 4) is 0 Å². The lowest BCUT2D eigenvalue weighted by Gasteiger charge is -2.22.